The fourth-order valence-corrected chi connectivity index (χ4v) is 19.5. The molecule has 2 nitrogen and oxygen atoms in total. The van der Waals surface area contributed by atoms with Crippen LogP contribution in [0.2, 0.25) is 0 Å². The highest BCUT2D eigenvalue weighted by Crippen LogP contribution is 2.60. The summed E-state index contributed by atoms with van der Waals surface area (Å²) in [6.07, 6.45) is 6.65. The van der Waals surface area contributed by atoms with Gasteiger partial charge in [-0.15, -0.1) is 0 Å². The summed E-state index contributed by atoms with van der Waals surface area (Å²) in [7, 11) is -0.818. The zero-order chi connectivity index (χ0) is 61.3. The third kappa shape index (κ3) is 9.77. The van der Waals surface area contributed by atoms with Crippen molar-refractivity contribution in [3.05, 3.63) is 309 Å². The first-order chi connectivity index (χ1) is 45.4. The summed E-state index contributed by atoms with van der Waals surface area (Å²) in [5.74, 6) is 1.38. The van der Waals surface area contributed by atoms with Crippen LogP contribution in [0.4, 0.5) is 0 Å². The Kier molecular flexibility index (Phi) is 14.0. The number of hydrogen-bond donors (Lipinski definition) is 0. The van der Waals surface area contributed by atoms with Crippen LogP contribution in [-0.4, -0.2) is 5.97 Å². The molecular formula is C89H66O2S. The van der Waals surface area contributed by atoms with E-state index in [1.165, 1.54) is 165 Å². The molecule has 440 valence electrons. The van der Waals surface area contributed by atoms with Gasteiger partial charge in [-0.05, 0) is 202 Å². The Morgan fingerprint density at radius 1 is 0.283 bits per heavy atom. The summed E-state index contributed by atoms with van der Waals surface area (Å²) in [5, 5.41) is 25.8. The van der Waals surface area contributed by atoms with Crippen LogP contribution in [-0.2, 0) is 15.7 Å². The Bertz CT molecular complexity index is 4830. The molecule has 4 saturated carbocycles. The minimum atomic E-state index is -0.818. The number of carbonyl (C=O) groups is 1. The summed E-state index contributed by atoms with van der Waals surface area (Å²) in [5.41, 5.74) is 14.0. The number of rotatable bonds is 10. The van der Waals surface area contributed by atoms with E-state index in [2.05, 4.69) is 309 Å². The summed E-state index contributed by atoms with van der Waals surface area (Å²) in [4.78, 5) is 14.9. The van der Waals surface area contributed by atoms with E-state index in [0.29, 0.717) is 17.8 Å². The molecule has 0 heterocycles. The van der Waals surface area contributed by atoms with Crippen molar-refractivity contribution in [2.75, 3.05) is 0 Å². The molecule has 19 rings (SSSR count). The zero-order valence-electron chi connectivity index (χ0n) is 51.1. The van der Waals surface area contributed by atoms with Gasteiger partial charge in [0.2, 0.25) is 0 Å². The first-order valence-corrected chi connectivity index (χ1v) is 33.9. The molecule has 4 aliphatic rings. The van der Waals surface area contributed by atoms with E-state index in [-0.39, 0.29) is 0 Å². The fourth-order valence-electron chi connectivity index (χ4n) is 16.9. The largest absolute Gasteiger partial charge is 0.550 e. The highest BCUT2D eigenvalue weighted by atomic mass is 32.2. The number of benzene rings is 15. The molecule has 15 aromatic carbocycles. The van der Waals surface area contributed by atoms with Crippen molar-refractivity contribution in [3.63, 3.8) is 0 Å². The molecule has 0 saturated heterocycles. The van der Waals surface area contributed by atoms with Crippen LogP contribution < -0.4 is 5.11 Å². The van der Waals surface area contributed by atoms with E-state index in [1.807, 2.05) is 0 Å². The highest BCUT2D eigenvalue weighted by molar-refractivity contribution is 7.97. The molecule has 0 spiro atoms. The minimum Gasteiger partial charge on any atom is -0.550 e. The zero-order valence-corrected chi connectivity index (χ0v) is 52.0. The van der Waals surface area contributed by atoms with Crippen LogP contribution in [0.3, 0.4) is 0 Å². The predicted octanol–water partition coefficient (Wildman–Crippen LogP) is 22.7. The molecule has 4 aliphatic carbocycles. The molecule has 92 heavy (non-hydrogen) atoms. The van der Waals surface area contributed by atoms with Crippen molar-refractivity contribution in [2.24, 2.45) is 23.2 Å². The van der Waals surface area contributed by atoms with Crippen molar-refractivity contribution in [3.8, 4) is 66.8 Å². The van der Waals surface area contributed by atoms with E-state index in [4.69, 9.17) is 0 Å². The average Bonchev–Trinajstić information content (AvgIpc) is 0.750. The lowest BCUT2D eigenvalue weighted by atomic mass is 9.49. The molecule has 0 radical (unpaired) electrons. The minimum absolute atomic E-state index is 0.394. The van der Waals surface area contributed by atoms with E-state index in [1.54, 1.807) is 0 Å². The van der Waals surface area contributed by atoms with Crippen LogP contribution in [0, 0.1) is 23.2 Å². The van der Waals surface area contributed by atoms with Gasteiger partial charge in [-0.1, -0.05) is 273 Å². The summed E-state index contributed by atoms with van der Waals surface area (Å²) in [6, 6.07) is 116. The molecule has 4 bridgehead atoms. The third-order valence-corrected chi connectivity index (χ3v) is 23.0. The first-order valence-electron chi connectivity index (χ1n) is 32.7. The number of fused-ring (bicyclic) bond motifs is 6. The average molecular weight is 1200 g/mol. The van der Waals surface area contributed by atoms with Crippen molar-refractivity contribution in [1.82, 2.24) is 0 Å². The molecule has 0 aliphatic heterocycles. The van der Waals surface area contributed by atoms with Gasteiger partial charge in [-0.3, -0.25) is 0 Å². The van der Waals surface area contributed by atoms with Gasteiger partial charge in [0.25, 0.3) is 0 Å². The molecule has 0 atom stereocenters. The lowest BCUT2D eigenvalue weighted by Crippen LogP contribution is -2.54. The molecule has 0 N–H and O–H groups in total. The quantitative estimate of drug-likeness (QED) is 0.128. The van der Waals surface area contributed by atoms with Gasteiger partial charge in [0, 0.05) is 33.6 Å². The van der Waals surface area contributed by atoms with Gasteiger partial charge in [0.15, 0.2) is 14.7 Å². The predicted molar refractivity (Wildman–Crippen MR) is 385 cm³/mol. The maximum atomic E-state index is 11.1. The molecule has 0 amide bonds. The second-order valence-corrected chi connectivity index (χ2v) is 28.0. The van der Waals surface area contributed by atoms with Crippen molar-refractivity contribution in [2.45, 2.75) is 53.2 Å². The summed E-state index contributed by atoms with van der Waals surface area (Å²) in [6.45, 7) is 0. The topological polar surface area (TPSA) is 40.1 Å². The molecule has 15 aromatic rings. The Labute approximate surface area is 540 Å². The van der Waals surface area contributed by atoms with E-state index >= 15 is 0 Å². The molecular weight excluding hydrogens is 1130 g/mol. The molecule has 0 aromatic heterocycles. The lowest BCUT2D eigenvalue weighted by molar-refractivity contribution is -0.327. The lowest BCUT2D eigenvalue weighted by Gasteiger charge is -2.57. The van der Waals surface area contributed by atoms with Gasteiger partial charge < -0.3 is 9.90 Å². The number of aliphatic carboxylic acids is 1. The van der Waals surface area contributed by atoms with Crippen LogP contribution in [0.25, 0.3) is 131 Å². The molecule has 3 heteroatoms. The van der Waals surface area contributed by atoms with E-state index < -0.39 is 22.3 Å². The Morgan fingerprint density at radius 3 is 0.804 bits per heavy atom. The number of hydrogen-bond acceptors (Lipinski definition) is 2. The number of carboxylic acids is 1. The first kappa shape index (κ1) is 55.7. The summed E-state index contributed by atoms with van der Waals surface area (Å²) < 4.78 is 0. The SMILES string of the molecule is O=C([O-])C12CC3CC(CC(C3)C1)C2.c1ccc([S+](c2c(-c3cccc4ccccc34)cc(-c3cccc4ccccc34)cc2-c2cccc3ccccc23)c2c(-c3cccc4ccccc34)cc(-c3cccc4ccccc34)cc2-c2cccc3ccccc23)cc1. The molecule has 0 unspecified atom stereocenters. The van der Waals surface area contributed by atoms with Gasteiger partial charge in [0.05, 0.1) is 0 Å². The fraction of sp³-hybridized carbons (Fsp3) is 0.112. The Hall–Kier alpha value is -10.3. The normalized spacial score (nSPS) is 17.4. The second-order valence-electron chi connectivity index (χ2n) is 26.1. The number of carbonyl (C=O) groups excluding carboxylic acids is 1. The maximum absolute atomic E-state index is 11.1. The van der Waals surface area contributed by atoms with Crippen LogP contribution in [0.15, 0.2) is 324 Å². The molecule has 4 fully saturated rings. The Balaban J connectivity index is 0.000000441. The van der Waals surface area contributed by atoms with Crippen molar-refractivity contribution >= 4 is 81.5 Å². The van der Waals surface area contributed by atoms with Gasteiger partial charge in [0.1, 0.15) is 10.9 Å². The Morgan fingerprint density at radius 2 is 0.522 bits per heavy atom. The van der Waals surface area contributed by atoms with E-state index in [0.717, 1.165) is 19.3 Å². The monoisotopic (exact) mass is 1200 g/mol. The third-order valence-electron chi connectivity index (χ3n) is 20.6. The van der Waals surface area contributed by atoms with Gasteiger partial charge >= 0.3 is 0 Å². The smallest absolute Gasteiger partial charge is 0.182 e. The van der Waals surface area contributed by atoms with Crippen LogP contribution >= 0.6 is 0 Å². The summed E-state index contributed by atoms with van der Waals surface area (Å²) >= 11 is 0. The maximum Gasteiger partial charge on any atom is 0.182 e. The number of carboxylic acid groups (broad SMARTS) is 1. The van der Waals surface area contributed by atoms with Gasteiger partial charge in [-0.2, -0.15) is 0 Å². The van der Waals surface area contributed by atoms with Crippen molar-refractivity contribution in [1.29, 1.82) is 0 Å². The van der Waals surface area contributed by atoms with Gasteiger partial charge in [-0.25, -0.2) is 0 Å². The second kappa shape index (κ2) is 23.2. The highest BCUT2D eigenvalue weighted by Gasteiger charge is 2.51. The van der Waals surface area contributed by atoms with E-state index in [9.17, 15) is 9.90 Å². The van der Waals surface area contributed by atoms with Crippen LogP contribution in [0.5, 0.6) is 0 Å². The van der Waals surface area contributed by atoms with Crippen LogP contribution in [0.1, 0.15) is 38.5 Å². The van der Waals surface area contributed by atoms with Crippen molar-refractivity contribution < 1.29 is 9.90 Å². The standard InChI is InChI=1S/C78H51S.C11H16O2/c1-2-34-60(35-3-1)79(77-73(69-44-18-30-54-24-6-12-38-63(54)69)48-58(67-42-16-28-52-22-4-10-36-61(52)67)49-74(77)70-45-19-31-55-25-7-13-39-64(55)70)78-75(71-46-20-32-56-26-8-14-40-65(56)71)50-59(68-43-17-29-53-23-5-11-37-62(53)68)51-76(78)72-47-21-33-57-27-9-15-41-66(57)72;12-10(13)11-4-7-1-8(5-11)3-9(2-7)6-11/h1-51H;7-9H,1-6H2,(H,12,13)/q+1;/p-1.